The minimum absolute atomic E-state index is 0.968. The van der Waals surface area contributed by atoms with Crippen molar-refractivity contribution >= 4 is 6.71 Å². The van der Waals surface area contributed by atoms with E-state index in [0.717, 1.165) is 6.71 Å². The molecular weight excluding hydrogens is 72.9 g/mol. The summed E-state index contributed by atoms with van der Waals surface area (Å²) in [7, 11) is 2.15. The Morgan fingerprint density at radius 2 is 2.00 bits per heavy atom. The third-order valence-electron chi connectivity index (χ3n) is 1.25. The molecule has 1 fully saturated rings. The fourth-order valence-corrected chi connectivity index (χ4v) is 1.01. The van der Waals surface area contributed by atoms with Crippen molar-refractivity contribution in [3.63, 3.8) is 0 Å². The van der Waals surface area contributed by atoms with Crippen molar-refractivity contribution in [1.29, 1.82) is 0 Å². The van der Waals surface area contributed by atoms with Crippen LogP contribution in [-0.4, -0.2) is 31.5 Å². The van der Waals surface area contributed by atoms with Gasteiger partial charge < -0.3 is 4.90 Å². The molecule has 0 unspecified atom stereocenters. The van der Waals surface area contributed by atoms with Crippen molar-refractivity contribution in [1.82, 2.24) is 4.90 Å². The molecule has 1 saturated heterocycles. The molecule has 0 aromatic heterocycles. The average Bonchev–Trinajstić information content (AvgIpc) is 1.33. The van der Waals surface area contributed by atoms with E-state index in [-0.39, 0.29) is 0 Å². The van der Waals surface area contributed by atoms with Gasteiger partial charge in [-0.1, -0.05) is 6.82 Å². The SMILES string of the molecule is CB1CN(C)C1. The highest BCUT2D eigenvalue weighted by Gasteiger charge is 2.20. The second-order valence-electron chi connectivity index (χ2n) is 2.33. The van der Waals surface area contributed by atoms with E-state index in [1.54, 1.807) is 0 Å². The summed E-state index contributed by atoms with van der Waals surface area (Å²) >= 11 is 0. The summed E-state index contributed by atoms with van der Waals surface area (Å²) in [6.07, 6.45) is 2.61. The van der Waals surface area contributed by atoms with E-state index in [2.05, 4.69) is 18.8 Å². The Hall–Kier alpha value is 0.0249. The molecule has 0 aromatic rings. The van der Waals surface area contributed by atoms with E-state index in [9.17, 15) is 0 Å². The Labute approximate surface area is 39.4 Å². The first-order valence-electron chi connectivity index (χ1n) is 2.47. The van der Waals surface area contributed by atoms with Crippen LogP contribution in [-0.2, 0) is 0 Å². The monoisotopic (exact) mass is 83.1 g/mol. The van der Waals surface area contributed by atoms with Gasteiger partial charge in [0.25, 0.3) is 0 Å². The molecule has 6 heavy (non-hydrogen) atoms. The van der Waals surface area contributed by atoms with Gasteiger partial charge in [-0.15, -0.1) is 0 Å². The Balaban J connectivity index is 2.11. The summed E-state index contributed by atoms with van der Waals surface area (Å²) in [5, 5.41) is 0. The quantitative estimate of drug-likeness (QED) is 0.376. The van der Waals surface area contributed by atoms with E-state index < -0.39 is 0 Å². The smallest absolute Gasteiger partial charge is 0.169 e. The highest BCUT2D eigenvalue weighted by Crippen LogP contribution is 1.99. The molecule has 0 radical (unpaired) electrons. The number of nitrogens with zero attached hydrogens (tertiary/aromatic N) is 1. The first-order valence-corrected chi connectivity index (χ1v) is 2.47. The first kappa shape index (κ1) is 4.19. The van der Waals surface area contributed by atoms with Crippen molar-refractivity contribution < 1.29 is 0 Å². The third-order valence-corrected chi connectivity index (χ3v) is 1.25. The number of hydrogen-bond acceptors (Lipinski definition) is 1. The topological polar surface area (TPSA) is 3.24 Å². The molecule has 1 aliphatic heterocycles. The van der Waals surface area contributed by atoms with E-state index in [1.165, 1.54) is 12.9 Å². The van der Waals surface area contributed by atoms with Gasteiger partial charge in [0, 0.05) is 0 Å². The van der Waals surface area contributed by atoms with Crippen LogP contribution in [0.4, 0.5) is 0 Å². The molecule has 0 spiro atoms. The third kappa shape index (κ3) is 0.572. The molecule has 0 saturated carbocycles. The fourth-order valence-electron chi connectivity index (χ4n) is 1.01. The molecule has 1 heterocycles. The molecule has 1 nitrogen and oxygen atoms in total. The van der Waals surface area contributed by atoms with Crippen molar-refractivity contribution in [2.24, 2.45) is 0 Å². The van der Waals surface area contributed by atoms with Gasteiger partial charge in [0.15, 0.2) is 6.71 Å². The fraction of sp³-hybridized carbons (Fsp3) is 1.00. The van der Waals surface area contributed by atoms with Gasteiger partial charge in [-0.25, -0.2) is 0 Å². The van der Waals surface area contributed by atoms with Crippen LogP contribution in [0.15, 0.2) is 0 Å². The van der Waals surface area contributed by atoms with Crippen LogP contribution in [0.25, 0.3) is 0 Å². The van der Waals surface area contributed by atoms with Gasteiger partial charge in [0.05, 0.1) is 0 Å². The van der Waals surface area contributed by atoms with Crippen LogP contribution >= 0.6 is 0 Å². The van der Waals surface area contributed by atoms with E-state index >= 15 is 0 Å². The number of rotatable bonds is 0. The molecule has 2 heteroatoms. The summed E-state index contributed by atoms with van der Waals surface area (Å²) in [6, 6.07) is 0. The Kier molecular flexibility index (Phi) is 0.883. The second kappa shape index (κ2) is 1.26. The molecule has 0 N–H and O–H groups in total. The summed E-state index contributed by atoms with van der Waals surface area (Å²) in [6.45, 7) is 3.25. The maximum Gasteiger partial charge on any atom is 0.169 e. The van der Waals surface area contributed by atoms with Crippen LogP contribution in [0.3, 0.4) is 0 Å². The lowest BCUT2D eigenvalue weighted by Crippen LogP contribution is -2.50. The summed E-state index contributed by atoms with van der Waals surface area (Å²) in [4.78, 5) is 2.32. The molecule has 0 aromatic carbocycles. The molecule has 0 bridgehead atoms. The maximum absolute atomic E-state index is 2.32. The van der Waals surface area contributed by atoms with Crippen molar-refractivity contribution in [2.75, 3.05) is 19.9 Å². The predicted octanol–water partition coefficient (Wildman–Crippen LogP) is 0.135. The van der Waals surface area contributed by atoms with E-state index in [1.807, 2.05) is 0 Å². The largest absolute Gasteiger partial charge is 0.321 e. The Morgan fingerprint density at radius 1 is 1.50 bits per heavy atom. The van der Waals surface area contributed by atoms with Gasteiger partial charge in [-0.05, 0) is 19.9 Å². The zero-order valence-electron chi connectivity index (χ0n) is 4.44. The molecule has 1 aliphatic rings. The second-order valence-corrected chi connectivity index (χ2v) is 2.33. The first-order chi connectivity index (χ1) is 2.79. The average molecular weight is 82.9 g/mol. The lowest BCUT2D eigenvalue weighted by molar-refractivity contribution is 0.393. The molecule has 34 valence electrons. The van der Waals surface area contributed by atoms with Gasteiger partial charge in [-0.2, -0.15) is 0 Å². The van der Waals surface area contributed by atoms with Gasteiger partial charge in [0.2, 0.25) is 0 Å². The lowest BCUT2D eigenvalue weighted by Gasteiger charge is -2.30. The molecule has 0 atom stereocenters. The van der Waals surface area contributed by atoms with Gasteiger partial charge >= 0.3 is 0 Å². The van der Waals surface area contributed by atoms with Gasteiger partial charge in [-0.3, -0.25) is 0 Å². The van der Waals surface area contributed by atoms with Crippen molar-refractivity contribution in [2.45, 2.75) is 6.82 Å². The Morgan fingerprint density at radius 3 is 2.00 bits per heavy atom. The van der Waals surface area contributed by atoms with E-state index in [4.69, 9.17) is 0 Å². The minimum atomic E-state index is 0.968. The highest BCUT2D eigenvalue weighted by molar-refractivity contribution is 6.60. The van der Waals surface area contributed by atoms with Crippen LogP contribution in [0.2, 0.25) is 6.82 Å². The zero-order chi connectivity index (χ0) is 4.57. The lowest BCUT2D eigenvalue weighted by atomic mass is 9.46. The molecule has 0 aliphatic carbocycles. The van der Waals surface area contributed by atoms with Crippen LogP contribution < -0.4 is 0 Å². The molecule has 0 amide bonds. The summed E-state index contributed by atoms with van der Waals surface area (Å²) < 4.78 is 0. The summed E-state index contributed by atoms with van der Waals surface area (Å²) in [5.41, 5.74) is 0. The zero-order valence-corrected chi connectivity index (χ0v) is 4.44. The highest BCUT2D eigenvalue weighted by atomic mass is 15.1. The normalized spacial score (nSPS) is 24.0. The van der Waals surface area contributed by atoms with Crippen LogP contribution in [0.5, 0.6) is 0 Å². The standard InChI is InChI=1S/C4H10BN/c1-5-3-6(2)4-5/h3-4H2,1-2H3. The minimum Gasteiger partial charge on any atom is -0.321 e. The van der Waals surface area contributed by atoms with Crippen molar-refractivity contribution in [3.05, 3.63) is 0 Å². The van der Waals surface area contributed by atoms with E-state index in [0.29, 0.717) is 0 Å². The van der Waals surface area contributed by atoms with Crippen molar-refractivity contribution in [3.8, 4) is 0 Å². The molecular formula is C4H10BN. The number of hydrogen-bond donors (Lipinski definition) is 0. The maximum atomic E-state index is 2.32. The predicted molar refractivity (Wildman–Crippen MR) is 29.1 cm³/mol. The molecule has 1 rings (SSSR count). The Bertz CT molecular complexity index is 43.5. The van der Waals surface area contributed by atoms with Crippen LogP contribution in [0.1, 0.15) is 0 Å². The van der Waals surface area contributed by atoms with Crippen LogP contribution in [0, 0.1) is 0 Å². The summed E-state index contributed by atoms with van der Waals surface area (Å²) in [5.74, 6) is 0. The van der Waals surface area contributed by atoms with Gasteiger partial charge in [0.1, 0.15) is 0 Å².